The third-order valence-corrected chi connectivity index (χ3v) is 3.67. The van der Waals surface area contributed by atoms with Gasteiger partial charge in [-0.2, -0.15) is 13.2 Å². The zero-order valence-electron chi connectivity index (χ0n) is 11.5. The molecular weight excluding hydrogens is 289 g/mol. The van der Waals surface area contributed by atoms with Crippen LogP contribution in [0.2, 0.25) is 0 Å². The maximum absolute atomic E-state index is 12.3. The lowest BCUT2D eigenvalue weighted by molar-refractivity contribution is -0.144. The molecule has 2 unspecified atom stereocenters. The number of piperazine rings is 1. The minimum Gasteiger partial charge on any atom is -0.354 e. The molecule has 0 aromatic rings. The topological polar surface area (TPSA) is 73.5 Å². The molecule has 2 amide bonds. The van der Waals surface area contributed by atoms with E-state index in [4.69, 9.17) is 0 Å². The summed E-state index contributed by atoms with van der Waals surface area (Å²) in [6, 6.07) is -0.476. The number of nitrogens with one attached hydrogen (secondary N) is 3. The van der Waals surface area contributed by atoms with E-state index in [2.05, 4.69) is 16.0 Å². The van der Waals surface area contributed by atoms with Crippen LogP contribution in [0, 0.1) is 5.92 Å². The third kappa shape index (κ3) is 5.16. The number of halogens is 3. The molecule has 120 valence electrons. The molecule has 0 radical (unpaired) electrons. The van der Waals surface area contributed by atoms with E-state index in [0.717, 1.165) is 0 Å². The maximum Gasteiger partial charge on any atom is 0.401 e. The summed E-state index contributed by atoms with van der Waals surface area (Å²) in [6.45, 7) is 0.537. The predicted octanol–water partition coefficient (Wildman–Crippen LogP) is -0.925. The molecular formula is C12H19F3N4O2. The molecule has 9 heteroatoms. The first-order chi connectivity index (χ1) is 9.83. The smallest absolute Gasteiger partial charge is 0.354 e. The number of likely N-dealkylation sites (tertiary alicyclic amines) is 1. The standard InChI is InChI=1S/C12H19F3N4O2/c13-12(14,15)7-19-2-1-8(6-19)3-18-11(21)9-4-17-10(20)5-16-9/h8-9,16H,1-7H2,(H,17,20)(H,18,21). The van der Waals surface area contributed by atoms with Gasteiger partial charge in [0, 0.05) is 19.6 Å². The van der Waals surface area contributed by atoms with E-state index in [1.54, 1.807) is 0 Å². The number of carbonyl (C=O) groups is 2. The van der Waals surface area contributed by atoms with Gasteiger partial charge in [0.25, 0.3) is 0 Å². The maximum atomic E-state index is 12.3. The SMILES string of the molecule is O=C1CNC(C(=O)NCC2CCN(CC(F)(F)F)C2)CN1. The molecule has 2 aliphatic heterocycles. The molecule has 0 aliphatic carbocycles. The second kappa shape index (κ2) is 6.61. The van der Waals surface area contributed by atoms with Gasteiger partial charge in [0.05, 0.1) is 13.1 Å². The van der Waals surface area contributed by atoms with Crippen LogP contribution < -0.4 is 16.0 Å². The Bertz CT molecular complexity index is 392. The molecule has 0 aromatic heterocycles. The monoisotopic (exact) mass is 308 g/mol. The van der Waals surface area contributed by atoms with Crippen LogP contribution in [0.1, 0.15) is 6.42 Å². The van der Waals surface area contributed by atoms with Crippen molar-refractivity contribution in [1.29, 1.82) is 0 Å². The van der Waals surface area contributed by atoms with Crippen LogP contribution in [0.15, 0.2) is 0 Å². The van der Waals surface area contributed by atoms with E-state index in [0.29, 0.717) is 26.1 Å². The normalized spacial score (nSPS) is 27.5. The average Bonchev–Trinajstić information content (AvgIpc) is 2.82. The summed E-state index contributed by atoms with van der Waals surface area (Å²) in [5, 5.41) is 8.11. The quantitative estimate of drug-likeness (QED) is 0.628. The first kappa shape index (κ1) is 16.0. The lowest BCUT2D eigenvalue weighted by Gasteiger charge is -2.24. The highest BCUT2D eigenvalue weighted by Crippen LogP contribution is 2.22. The number of hydrogen-bond acceptors (Lipinski definition) is 4. The average molecular weight is 308 g/mol. The Morgan fingerprint density at radius 1 is 1.43 bits per heavy atom. The second-order valence-corrected chi connectivity index (χ2v) is 5.49. The number of hydrogen-bond donors (Lipinski definition) is 3. The van der Waals surface area contributed by atoms with E-state index in [1.165, 1.54) is 4.90 Å². The minimum atomic E-state index is -4.18. The molecule has 2 atom stereocenters. The first-order valence-corrected chi connectivity index (χ1v) is 6.90. The third-order valence-electron chi connectivity index (χ3n) is 3.67. The van der Waals surface area contributed by atoms with Gasteiger partial charge in [-0.05, 0) is 18.9 Å². The molecule has 2 saturated heterocycles. The van der Waals surface area contributed by atoms with E-state index < -0.39 is 18.8 Å². The van der Waals surface area contributed by atoms with Gasteiger partial charge in [-0.15, -0.1) is 0 Å². The van der Waals surface area contributed by atoms with Crippen molar-refractivity contribution in [2.45, 2.75) is 18.6 Å². The van der Waals surface area contributed by atoms with Crippen molar-refractivity contribution in [2.24, 2.45) is 5.92 Å². The number of amides is 2. The van der Waals surface area contributed by atoms with Gasteiger partial charge in [-0.1, -0.05) is 0 Å². The van der Waals surface area contributed by atoms with Crippen molar-refractivity contribution in [1.82, 2.24) is 20.9 Å². The number of alkyl halides is 3. The Morgan fingerprint density at radius 3 is 2.81 bits per heavy atom. The van der Waals surface area contributed by atoms with E-state index >= 15 is 0 Å². The van der Waals surface area contributed by atoms with Crippen LogP contribution in [-0.2, 0) is 9.59 Å². The van der Waals surface area contributed by atoms with Crippen molar-refractivity contribution in [2.75, 3.05) is 39.3 Å². The summed E-state index contributed by atoms with van der Waals surface area (Å²) in [6.07, 6.45) is -3.53. The highest BCUT2D eigenvalue weighted by Gasteiger charge is 2.34. The first-order valence-electron chi connectivity index (χ1n) is 6.90. The number of rotatable bonds is 4. The molecule has 2 heterocycles. The Labute approximate surface area is 120 Å². The fourth-order valence-corrected chi connectivity index (χ4v) is 2.60. The van der Waals surface area contributed by atoms with E-state index in [9.17, 15) is 22.8 Å². The van der Waals surface area contributed by atoms with Crippen molar-refractivity contribution in [3.05, 3.63) is 0 Å². The largest absolute Gasteiger partial charge is 0.401 e. The molecule has 2 aliphatic rings. The molecule has 0 aromatic carbocycles. The van der Waals surface area contributed by atoms with Gasteiger partial charge in [0.1, 0.15) is 6.04 Å². The summed E-state index contributed by atoms with van der Waals surface area (Å²) >= 11 is 0. The Hall–Kier alpha value is -1.35. The molecule has 2 fully saturated rings. The zero-order valence-corrected chi connectivity index (χ0v) is 11.5. The van der Waals surface area contributed by atoms with Crippen LogP contribution in [0.25, 0.3) is 0 Å². The van der Waals surface area contributed by atoms with E-state index in [1.807, 2.05) is 0 Å². The van der Waals surface area contributed by atoms with Crippen molar-refractivity contribution >= 4 is 11.8 Å². The van der Waals surface area contributed by atoms with Gasteiger partial charge in [0.2, 0.25) is 11.8 Å². The predicted molar refractivity (Wildman–Crippen MR) is 68.4 cm³/mol. The highest BCUT2D eigenvalue weighted by atomic mass is 19.4. The minimum absolute atomic E-state index is 0.0366. The number of nitrogens with zero attached hydrogens (tertiary/aromatic N) is 1. The summed E-state index contributed by atoms with van der Waals surface area (Å²) in [4.78, 5) is 24.2. The van der Waals surface area contributed by atoms with Crippen LogP contribution in [-0.4, -0.2) is 68.2 Å². The van der Waals surface area contributed by atoms with Gasteiger partial charge >= 0.3 is 6.18 Å². The molecule has 0 saturated carbocycles. The molecule has 21 heavy (non-hydrogen) atoms. The lowest BCUT2D eigenvalue weighted by Crippen LogP contribution is -2.58. The Balaban J connectivity index is 1.67. The summed E-state index contributed by atoms with van der Waals surface area (Å²) in [5.74, 6) is -0.351. The van der Waals surface area contributed by atoms with Gasteiger partial charge in [-0.3, -0.25) is 19.8 Å². The molecule has 6 nitrogen and oxygen atoms in total. The van der Waals surface area contributed by atoms with E-state index in [-0.39, 0.29) is 30.8 Å². The van der Waals surface area contributed by atoms with Crippen molar-refractivity contribution in [3.63, 3.8) is 0 Å². The van der Waals surface area contributed by atoms with Gasteiger partial charge < -0.3 is 10.6 Å². The summed E-state index contributed by atoms with van der Waals surface area (Å²) in [5.41, 5.74) is 0. The molecule has 0 spiro atoms. The van der Waals surface area contributed by atoms with Crippen LogP contribution >= 0.6 is 0 Å². The molecule has 2 rings (SSSR count). The van der Waals surface area contributed by atoms with Crippen LogP contribution in [0.4, 0.5) is 13.2 Å². The Kier molecular flexibility index (Phi) is 5.04. The van der Waals surface area contributed by atoms with Gasteiger partial charge in [0.15, 0.2) is 0 Å². The highest BCUT2D eigenvalue weighted by molar-refractivity contribution is 5.86. The number of carbonyl (C=O) groups excluding carboxylic acids is 2. The summed E-state index contributed by atoms with van der Waals surface area (Å²) < 4.78 is 36.8. The van der Waals surface area contributed by atoms with Gasteiger partial charge in [-0.25, -0.2) is 0 Å². The Morgan fingerprint density at radius 2 is 2.19 bits per heavy atom. The van der Waals surface area contributed by atoms with Crippen LogP contribution in [0.5, 0.6) is 0 Å². The zero-order chi connectivity index (χ0) is 15.5. The fourth-order valence-electron chi connectivity index (χ4n) is 2.60. The van der Waals surface area contributed by atoms with Crippen LogP contribution in [0.3, 0.4) is 0 Å². The molecule has 0 bridgehead atoms. The lowest BCUT2D eigenvalue weighted by atomic mass is 10.1. The van der Waals surface area contributed by atoms with Crippen molar-refractivity contribution < 1.29 is 22.8 Å². The second-order valence-electron chi connectivity index (χ2n) is 5.49. The molecule has 3 N–H and O–H groups in total. The summed E-state index contributed by atoms with van der Waals surface area (Å²) in [7, 11) is 0. The van der Waals surface area contributed by atoms with Crippen molar-refractivity contribution in [3.8, 4) is 0 Å². The fraction of sp³-hybridized carbons (Fsp3) is 0.833.